The lowest BCUT2D eigenvalue weighted by Gasteiger charge is -2.18. The number of nitrogens with one attached hydrogen (secondary N) is 1. The molecule has 1 aromatic carbocycles. The number of benzene rings is 1. The molecule has 0 radical (unpaired) electrons. The zero-order valence-electron chi connectivity index (χ0n) is 11.3. The quantitative estimate of drug-likeness (QED) is 0.652. The Labute approximate surface area is 116 Å². The Kier molecular flexibility index (Phi) is 5.33. The molecular formula is C13H17NO6. The number of carboxylic acids is 1. The first-order chi connectivity index (χ1) is 9.35. The van der Waals surface area contributed by atoms with Crippen molar-refractivity contribution in [2.45, 2.75) is 12.5 Å². The predicted molar refractivity (Wildman–Crippen MR) is 69.8 cm³/mol. The standard InChI is InChI=1S/C13H17NO6/c1-13(18,12(16)17)8-14-11(15)7-20-10-5-3-4-9(6-10)19-2/h3-6,18H,7-8H2,1-2H3,(H,14,15)(H,16,17). The molecule has 1 amide bonds. The molecule has 0 saturated carbocycles. The van der Waals surface area contributed by atoms with Crippen LogP contribution >= 0.6 is 0 Å². The number of ether oxygens (including phenoxy) is 2. The van der Waals surface area contributed by atoms with Crippen molar-refractivity contribution in [2.24, 2.45) is 0 Å². The van der Waals surface area contributed by atoms with Crippen molar-refractivity contribution < 1.29 is 29.3 Å². The number of hydrogen-bond acceptors (Lipinski definition) is 5. The summed E-state index contributed by atoms with van der Waals surface area (Å²) in [5, 5.41) is 20.4. The van der Waals surface area contributed by atoms with Crippen LogP contribution in [0.5, 0.6) is 11.5 Å². The minimum atomic E-state index is -2.01. The number of carbonyl (C=O) groups excluding carboxylic acids is 1. The highest BCUT2D eigenvalue weighted by molar-refractivity contribution is 5.80. The number of aliphatic carboxylic acids is 1. The van der Waals surface area contributed by atoms with Gasteiger partial charge in [0.25, 0.3) is 5.91 Å². The fraction of sp³-hybridized carbons (Fsp3) is 0.385. The third kappa shape index (κ3) is 4.77. The fourth-order valence-electron chi connectivity index (χ4n) is 1.24. The maximum absolute atomic E-state index is 11.5. The summed E-state index contributed by atoms with van der Waals surface area (Å²) in [4.78, 5) is 22.1. The largest absolute Gasteiger partial charge is 0.497 e. The molecule has 1 aromatic rings. The smallest absolute Gasteiger partial charge is 0.337 e. The number of methoxy groups -OCH3 is 1. The van der Waals surface area contributed by atoms with E-state index in [-0.39, 0.29) is 6.61 Å². The number of carboxylic acid groups (broad SMARTS) is 1. The van der Waals surface area contributed by atoms with Gasteiger partial charge >= 0.3 is 5.97 Å². The first kappa shape index (κ1) is 15.8. The van der Waals surface area contributed by atoms with Gasteiger partial charge in [0.05, 0.1) is 13.7 Å². The van der Waals surface area contributed by atoms with E-state index in [1.165, 1.54) is 7.11 Å². The van der Waals surface area contributed by atoms with Crippen LogP contribution in [0, 0.1) is 0 Å². The molecule has 1 atom stereocenters. The first-order valence-corrected chi connectivity index (χ1v) is 5.84. The summed E-state index contributed by atoms with van der Waals surface area (Å²) in [7, 11) is 1.51. The lowest BCUT2D eigenvalue weighted by molar-refractivity contribution is -0.156. The summed E-state index contributed by atoms with van der Waals surface area (Å²) in [6.07, 6.45) is 0. The average Bonchev–Trinajstić information content (AvgIpc) is 2.43. The van der Waals surface area contributed by atoms with Crippen molar-refractivity contribution in [2.75, 3.05) is 20.3 Å². The Hall–Kier alpha value is -2.28. The van der Waals surface area contributed by atoms with Crippen LogP contribution in [0.4, 0.5) is 0 Å². The van der Waals surface area contributed by atoms with Gasteiger partial charge < -0.3 is 25.0 Å². The minimum Gasteiger partial charge on any atom is -0.497 e. The van der Waals surface area contributed by atoms with Gasteiger partial charge in [-0.25, -0.2) is 4.79 Å². The van der Waals surface area contributed by atoms with Crippen LogP contribution in [0.1, 0.15) is 6.92 Å². The number of hydrogen-bond donors (Lipinski definition) is 3. The van der Waals surface area contributed by atoms with E-state index in [9.17, 15) is 14.7 Å². The Balaban J connectivity index is 2.42. The van der Waals surface area contributed by atoms with Gasteiger partial charge in [0, 0.05) is 6.07 Å². The van der Waals surface area contributed by atoms with Gasteiger partial charge in [0.2, 0.25) is 0 Å². The second kappa shape index (κ2) is 6.76. The van der Waals surface area contributed by atoms with Crippen molar-refractivity contribution in [1.82, 2.24) is 5.32 Å². The van der Waals surface area contributed by atoms with Crippen molar-refractivity contribution in [1.29, 1.82) is 0 Å². The third-order valence-corrected chi connectivity index (χ3v) is 2.50. The summed E-state index contributed by atoms with van der Waals surface area (Å²) < 4.78 is 10.2. The summed E-state index contributed by atoms with van der Waals surface area (Å²) in [6.45, 7) is 0.407. The molecule has 20 heavy (non-hydrogen) atoms. The molecule has 0 aliphatic carbocycles. The van der Waals surface area contributed by atoms with Gasteiger partial charge in [-0.1, -0.05) is 6.07 Å². The molecule has 110 valence electrons. The van der Waals surface area contributed by atoms with E-state index in [0.717, 1.165) is 6.92 Å². The molecule has 7 heteroatoms. The van der Waals surface area contributed by atoms with E-state index in [4.69, 9.17) is 14.6 Å². The van der Waals surface area contributed by atoms with Gasteiger partial charge in [-0.3, -0.25) is 4.79 Å². The number of carbonyl (C=O) groups is 2. The van der Waals surface area contributed by atoms with Crippen LogP contribution in [-0.2, 0) is 9.59 Å². The summed E-state index contributed by atoms with van der Waals surface area (Å²) in [5.41, 5.74) is -2.01. The third-order valence-electron chi connectivity index (χ3n) is 2.50. The molecule has 3 N–H and O–H groups in total. The van der Waals surface area contributed by atoms with E-state index in [0.29, 0.717) is 11.5 Å². The minimum absolute atomic E-state index is 0.289. The first-order valence-electron chi connectivity index (χ1n) is 5.84. The van der Waals surface area contributed by atoms with Crippen molar-refractivity contribution in [3.05, 3.63) is 24.3 Å². The molecule has 0 bridgehead atoms. The molecule has 0 spiro atoms. The van der Waals surface area contributed by atoms with Crippen LogP contribution in [0.15, 0.2) is 24.3 Å². The highest BCUT2D eigenvalue weighted by Gasteiger charge is 2.30. The lowest BCUT2D eigenvalue weighted by Crippen LogP contribution is -2.47. The van der Waals surface area contributed by atoms with Gasteiger partial charge in [-0.15, -0.1) is 0 Å². The average molecular weight is 283 g/mol. The van der Waals surface area contributed by atoms with Crippen LogP contribution in [0.2, 0.25) is 0 Å². The van der Waals surface area contributed by atoms with E-state index in [1.807, 2.05) is 0 Å². The molecular weight excluding hydrogens is 266 g/mol. The number of rotatable bonds is 7. The molecule has 7 nitrogen and oxygen atoms in total. The molecule has 0 aliphatic heterocycles. The van der Waals surface area contributed by atoms with Gasteiger partial charge in [-0.2, -0.15) is 0 Å². The van der Waals surface area contributed by atoms with Crippen LogP contribution in [0.3, 0.4) is 0 Å². The van der Waals surface area contributed by atoms with E-state index < -0.39 is 24.0 Å². The maximum Gasteiger partial charge on any atom is 0.337 e. The number of aliphatic hydroxyl groups is 1. The topological polar surface area (TPSA) is 105 Å². The Morgan fingerprint density at radius 1 is 1.35 bits per heavy atom. The Morgan fingerprint density at radius 2 is 2.00 bits per heavy atom. The van der Waals surface area contributed by atoms with E-state index >= 15 is 0 Å². The highest BCUT2D eigenvalue weighted by atomic mass is 16.5. The second-order valence-electron chi connectivity index (χ2n) is 4.32. The van der Waals surface area contributed by atoms with E-state index in [2.05, 4.69) is 5.32 Å². The zero-order valence-corrected chi connectivity index (χ0v) is 11.3. The predicted octanol–water partition coefficient (Wildman–Crippen LogP) is 0.0258. The Morgan fingerprint density at radius 3 is 2.60 bits per heavy atom. The zero-order chi connectivity index (χ0) is 15.2. The monoisotopic (exact) mass is 283 g/mol. The maximum atomic E-state index is 11.5. The molecule has 0 fully saturated rings. The second-order valence-corrected chi connectivity index (χ2v) is 4.32. The molecule has 0 aliphatic rings. The van der Waals surface area contributed by atoms with Crippen LogP contribution < -0.4 is 14.8 Å². The Bertz CT molecular complexity index is 486. The SMILES string of the molecule is COc1cccc(OCC(=O)NCC(C)(O)C(=O)O)c1. The molecule has 0 saturated heterocycles. The molecule has 1 rings (SSSR count). The normalized spacial score (nSPS) is 13.2. The summed E-state index contributed by atoms with van der Waals surface area (Å²) >= 11 is 0. The number of amides is 1. The summed E-state index contributed by atoms with van der Waals surface area (Å²) in [6, 6.07) is 6.71. The van der Waals surface area contributed by atoms with Crippen LogP contribution in [0.25, 0.3) is 0 Å². The summed E-state index contributed by atoms with van der Waals surface area (Å²) in [5.74, 6) is -0.901. The lowest BCUT2D eigenvalue weighted by atomic mass is 10.1. The van der Waals surface area contributed by atoms with Crippen LogP contribution in [-0.4, -0.2) is 48.0 Å². The van der Waals surface area contributed by atoms with Gasteiger partial charge in [0.1, 0.15) is 11.5 Å². The molecule has 0 heterocycles. The molecule has 1 unspecified atom stereocenters. The molecule has 0 aromatic heterocycles. The van der Waals surface area contributed by atoms with Gasteiger partial charge in [0.15, 0.2) is 12.2 Å². The van der Waals surface area contributed by atoms with Crippen molar-refractivity contribution in [3.63, 3.8) is 0 Å². The van der Waals surface area contributed by atoms with Crippen molar-refractivity contribution >= 4 is 11.9 Å². The fourth-order valence-corrected chi connectivity index (χ4v) is 1.24. The van der Waals surface area contributed by atoms with E-state index in [1.54, 1.807) is 24.3 Å². The highest BCUT2D eigenvalue weighted by Crippen LogP contribution is 2.18. The van der Waals surface area contributed by atoms with Crippen molar-refractivity contribution in [3.8, 4) is 11.5 Å². The van der Waals surface area contributed by atoms with Gasteiger partial charge in [-0.05, 0) is 19.1 Å².